The molecule has 7 nitrogen and oxygen atoms in total. The molecule has 0 bridgehead atoms. The highest BCUT2D eigenvalue weighted by molar-refractivity contribution is 6.36. The van der Waals surface area contributed by atoms with Crippen LogP contribution in [0.4, 0.5) is 17.5 Å². The van der Waals surface area contributed by atoms with Crippen LogP contribution >= 0.6 is 11.6 Å². The Labute approximate surface area is 159 Å². The molecule has 0 fully saturated rings. The van der Waals surface area contributed by atoms with Gasteiger partial charge in [-0.05, 0) is 29.8 Å². The highest BCUT2D eigenvalue weighted by Gasteiger charge is 2.14. The molecule has 4 aromatic rings. The third-order valence-corrected chi connectivity index (χ3v) is 4.69. The van der Waals surface area contributed by atoms with Crippen LogP contribution in [0.5, 0.6) is 0 Å². The maximum atomic E-state index is 11.6. The Balaban J connectivity index is 1.76. The summed E-state index contributed by atoms with van der Waals surface area (Å²) in [7, 11) is 0. The number of nitrogens with zero attached hydrogens (tertiary/aromatic N) is 4. The van der Waals surface area contributed by atoms with Crippen LogP contribution in [0, 0.1) is 4.91 Å². The maximum absolute atomic E-state index is 11.6. The van der Waals surface area contributed by atoms with Gasteiger partial charge in [0, 0.05) is 21.2 Å². The van der Waals surface area contributed by atoms with Gasteiger partial charge in [-0.15, -0.1) is 4.91 Å². The Kier molecular flexibility index (Phi) is 4.21. The lowest BCUT2D eigenvalue weighted by Gasteiger charge is -2.18. The number of fused-ring (bicyclic) bond motifs is 2. The second-order valence-electron chi connectivity index (χ2n) is 6.07. The predicted octanol–water partition coefficient (Wildman–Crippen LogP) is 4.29. The summed E-state index contributed by atoms with van der Waals surface area (Å²) in [4.78, 5) is 19.7. The average molecular weight is 379 g/mol. The van der Waals surface area contributed by atoms with Gasteiger partial charge in [0.05, 0.1) is 23.0 Å². The smallest absolute Gasteiger partial charge is 0.222 e. The maximum Gasteiger partial charge on any atom is 0.222 e. The quantitative estimate of drug-likeness (QED) is 0.405. The van der Waals surface area contributed by atoms with E-state index < -0.39 is 0 Å². The summed E-state index contributed by atoms with van der Waals surface area (Å²) in [5.74, 6) is 0.415. The first-order valence-electron chi connectivity index (χ1n) is 8.16. The Morgan fingerprint density at radius 2 is 1.74 bits per heavy atom. The van der Waals surface area contributed by atoms with Crippen LogP contribution in [0.15, 0.2) is 59.9 Å². The molecule has 0 saturated carbocycles. The molecule has 0 unspecified atom stereocenters. The second-order valence-corrected chi connectivity index (χ2v) is 6.48. The van der Waals surface area contributed by atoms with Crippen LogP contribution in [0.1, 0.15) is 5.56 Å². The van der Waals surface area contributed by atoms with Crippen LogP contribution in [0.3, 0.4) is 0 Å². The van der Waals surface area contributed by atoms with E-state index in [0.717, 1.165) is 16.3 Å². The molecule has 0 atom stereocenters. The van der Waals surface area contributed by atoms with Gasteiger partial charge >= 0.3 is 0 Å². The van der Waals surface area contributed by atoms with Crippen molar-refractivity contribution in [3.05, 3.63) is 70.1 Å². The molecule has 3 aromatic carbocycles. The lowest BCUT2D eigenvalue weighted by molar-refractivity contribution is 0.852. The van der Waals surface area contributed by atoms with Crippen molar-refractivity contribution in [3.8, 4) is 0 Å². The van der Waals surface area contributed by atoms with E-state index in [1.54, 1.807) is 18.2 Å². The molecule has 0 aliphatic carbocycles. The van der Waals surface area contributed by atoms with Crippen molar-refractivity contribution in [1.82, 2.24) is 9.97 Å². The number of benzene rings is 3. The van der Waals surface area contributed by atoms with Crippen molar-refractivity contribution in [2.24, 2.45) is 5.29 Å². The summed E-state index contributed by atoms with van der Waals surface area (Å²) in [5, 5.41) is 7.59. The van der Waals surface area contributed by atoms with E-state index in [2.05, 4.69) is 15.3 Å². The van der Waals surface area contributed by atoms with E-state index in [9.17, 15) is 4.91 Å². The molecule has 27 heavy (non-hydrogen) atoms. The van der Waals surface area contributed by atoms with Crippen LogP contribution in [0.25, 0.3) is 21.7 Å². The van der Waals surface area contributed by atoms with E-state index in [4.69, 9.17) is 23.1 Å². The van der Waals surface area contributed by atoms with Crippen molar-refractivity contribution < 1.29 is 0 Å². The Morgan fingerprint density at radius 3 is 2.52 bits per heavy atom. The van der Waals surface area contributed by atoms with Gasteiger partial charge in [-0.1, -0.05) is 41.9 Å². The monoisotopic (exact) mass is 378 g/mol. The number of hydrogen-bond donors (Lipinski definition) is 2. The summed E-state index contributed by atoms with van der Waals surface area (Å²) >= 11 is 6.27. The lowest BCUT2D eigenvalue weighted by atomic mass is 10.1. The highest BCUT2D eigenvalue weighted by atomic mass is 35.5. The zero-order valence-electron chi connectivity index (χ0n) is 14.1. The van der Waals surface area contributed by atoms with Gasteiger partial charge in [0.15, 0.2) is 0 Å². The fourth-order valence-electron chi connectivity index (χ4n) is 3.12. The molecule has 8 heteroatoms. The van der Waals surface area contributed by atoms with Gasteiger partial charge in [-0.3, -0.25) is 0 Å². The molecule has 134 valence electrons. The van der Waals surface area contributed by atoms with Gasteiger partial charge < -0.3 is 11.5 Å². The fourth-order valence-corrected chi connectivity index (χ4v) is 3.35. The molecule has 4 rings (SSSR count). The first kappa shape index (κ1) is 17.0. The minimum atomic E-state index is 0.122. The Hall–Kier alpha value is -3.45. The van der Waals surface area contributed by atoms with Gasteiger partial charge in [-0.2, -0.15) is 4.98 Å². The molecule has 1 aromatic heterocycles. The summed E-state index contributed by atoms with van der Waals surface area (Å²) in [5.41, 5.74) is 13.7. The summed E-state index contributed by atoms with van der Waals surface area (Å²) < 4.78 is 0. The zero-order chi connectivity index (χ0) is 19.0. The largest absolute Gasteiger partial charge is 0.383 e. The van der Waals surface area contributed by atoms with E-state index >= 15 is 0 Å². The van der Waals surface area contributed by atoms with E-state index in [1.807, 2.05) is 36.4 Å². The van der Waals surface area contributed by atoms with Crippen LogP contribution in [-0.4, -0.2) is 9.97 Å². The summed E-state index contributed by atoms with van der Waals surface area (Å²) in [6.45, 7) is 0.259. The Bertz CT molecular complexity index is 1180. The molecule has 4 N–H and O–H groups in total. The van der Waals surface area contributed by atoms with Crippen LogP contribution < -0.4 is 16.5 Å². The van der Waals surface area contributed by atoms with Crippen molar-refractivity contribution in [2.75, 3.05) is 16.5 Å². The van der Waals surface area contributed by atoms with Gasteiger partial charge in [-0.25, -0.2) is 9.99 Å². The number of nitroso groups, excluding NO2 is 1. The van der Waals surface area contributed by atoms with E-state index in [0.29, 0.717) is 27.4 Å². The van der Waals surface area contributed by atoms with Crippen LogP contribution in [0.2, 0.25) is 5.02 Å². The number of halogens is 1. The molecule has 0 spiro atoms. The number of nitrogens with two attached hydrogens (primary N) is 2. The number of rotatable bonds is 4. The number of nitrogen functional groups attached to an aromatic ring is 2. The first-order chi connectivity index (χ1) is 13.1. The normalized spacial score (nSPS) is 11.0. The lowest BCUT2D eigenvalue weighted by Crippen LogP contribution is -2.15. The second kappa shape index (κ2) is 6.69. The van der Waals surface area contributed by atoms with Gasteiger partial charge in [0.2, 0.25) is 5.95 Å². The third kappa shape index (κ3) is 3.09. The molecule has 1 heterocycles. The van der Waals surface area contributed by atoms with Crippen molar-refractivity contribution in [3.63, 3.8) is 0 Å². The SMILES string of the molecule is Nc1nc(N)c2cc(CN(N=O)c3ccc(Cl)c4ccccc34)ccc2n1. The highest BCUT2D eigenvalue weighted by Crippen LogP contribution is 2.33. The minimum absolute atomic E-state index is 0.122. The van der Waals surface area contributed by atoms with E-state index in [-0.39, 0.29) is 12.5 Å². The van der Waals surface area contributed by atoms with Crippen molar-refractivity contribution >= 4 is 50.7 Å². The molecule has 0 aliphatic rings. The van der Waals surface area contributed by atoms with Gasteiger partial charge in [0.25, 0.3) is 0 Å². The molecule has 0 radical (unpaired) electrons. The summed E-state index contributed by atoms with van der Waals surface area (Å²) in [6, 6.07) is 16.6. The summed E-state index contributed by atoms with van der Waals surface area (Å²) in [6.07, 6.45) is 0. The molecular weight excluding hydrogens is 364 g/mol. The minimum Gasteiger partial charge on any atom is -0.383 e. The molecular formula is C19H15ClN6O. The predicted molar refractivity (Wildman–Crippen MR) is 109 cm³/mol. The topological polar surface area (TPSA) is 110 Å². The zero-order valence-corrected chi connectivity index (χ0v) is 14.9. The van der Waals surface area contributed by atoms with E-state index in [1.165, 1.54) is 5.01 Å². The number of aromatic nitrogens is 2. The van der Waals surface area contributed by atoms with Crippen molar-refractivity contribution in [2.45, 2.75) is 6.54 Å². The van der Waals surface area contributed by atoms with Crippen LogP contribution in [-0.2, 0) is 6.54 Å². The van der Waals surface area contributed by atoms with Gasteiger partial charge in [0.1, 0.15) is 5.82 Å². The third-order valence-electron chi connectivity index (χ3n) is 4.36. The average Bonchev–Trinajstić information content (AvgIpc) is 2.67. The number of anilines is 3. The standard InChI is InChI=1S/C19H15ClN6O/c20-15-6-8-17(13-4-2-1-3-12(13)15)26(25-27)10-11-5-7-16-14(9-11)18(21)24-19(22)23-16/h1-9H,10H2,(H4,21,22,23,24). The number of hydrogen-bond acceptors (Lipinski definition) is 6. The molecule has 0 saturated heterocycles. The molecule has 0 amide bonds. The van der Waals surface area contributed by atoms with Crippen molar-refractivity contribution in [1.29, 1.82) is 0 Å². The Morgan fingerprint density at radius 1 is 0.963 bits per heavy atom. The first-order valence-corrected chi connectivity index (χ1v) is 8.54. The fraction of sp³-hybridized carbons (Fsp3) is 0.0526. The molecule has 0 aliphatic heterocycles.